The topological polar surface area (TPSA) is 91.4 Å². The maximum absolute atomic E-state index is 12.1. The minimum Gasteiger partial charge on any atom is -0.493 e. The average Bonchev–Trinajstić information content (AvgIpc) is 3.24. The van der Waals surface area contributed by atoms with Gasteiger partial charge in [0.2, 0.25) is 6.79 Å². The number of fused-ring (bicyclic) bond motifs is 2. The molecule has 2 aromatic rings. The molecule has 0 aromatic heterocycles. The van der Waals surface area contributed by atoms with Gasteiger partial charge in [-0.05, 0) is 30.7 Å². The van der Waals surface area contributed by atoms with Crippen LogP contribution >= 0.6 is 0 Å². The van der Waals surface area contributed by atoms with E-state index in [2.05, 4.69) is 0 Å². The number of amides is 2. The fourth-order valence-electron chi connectivity index (χ4n) is 2.77. The van der Waals surface area contributed by atoms with Crippen LogP contribution in [0.25, 0.3) is 0 Å². The molecule has 0 bridgehead atoms. The van der Waals surface area contributed by atoms with Crippen molar-refractivity contribution in [1.29, 1.82) is 0 Å². The Kier molecular flexibility index (Phi) is 4.37. The Morgan fingerprint density at radius 2 is 1.70 bits per heavy atom. The van der Waals surface area contributed by atoms with Crippen molar-refractivity contribution in [3.05, 3.63) is 53.6 Å². The van der Waals surface area contributed by atoms with Gasteiger partial charge in [0.1, 0.15) is 5.75 Å². The Morgan fingerprint density at radius 3 is 2.44 bits per heavy atom. The summed E-state index contributed by atoms with van der Waals surface area (Å²) in [6.45, 7) is 0.444. The van der Waals surface area contributed by atoms with E-state index in [-0.39, 0.29) is 30.9 Å². The molecular weight excluding hydrogens is 354 g/mol. The highest BCUT2D eigenvalue weighted by molar-refractivity contribution is 6.20. The fraction of sp³-hybridized carbons (Fsp3) is 0.211. The molecule has 4 rings (SSSR count). The van der Waals surface area contributed by atoms with Crippen LogP contribution in [0.1, 0.15) is 33.6 Å². The molecule has 2 aliphatic rings. The van der Waals surface area contributed by atoms with Gasteiger partial charge in [0.25, 0.3) is 11.8 Å². The van der Waals surface area contributed by atoms with Crippen LogP contribution in [0, 0.1) is 0 Å². The highest BCUT2D eigenvalue weighted by Crippen LogP contribution is 2.35. The smallest absolute Gasteiger partial charge is 0.333 e. The van der Waals surface area contributed by atoms with Gasteiger partial charge in [-0.25, -0.2) is 4.79 Å². The number of nitrogens with zero attached hydrogens (tertiary/aromatic N) is 1. The number of rotatable bonds is 6. The molecule has 0 unspecified atom stereocenters. The number of benzene rings is 2. The summed E-state index contributed by atoms with van der Waals surface area (Å²) < 4.78 is 16.0. The second-order valence-corrected chi connectivity index (χ2v) is 5.88. The van der Waals surface area contributed by atoms with Gasteiger partial charge in [-0.3, -0.25) is 9.59 Å². The Balaban J connectivity index is 1.25. The Bertz CT molecular complexity index is 889. The van der Waals surface area contributed by atoms with E-state index in [4.69, 9.17) is 19.0 Å². The van der Waals surface area contributed by atoms with Crippen molar-refractivity contribution in [2.75, 3.05) is 13.4 Å². The monoisotopic (exact) mass is 369 g/mol. The predicted octanol–water partition coefficient (Wildman–Crippen LogP) is 2.33. The first-order valence-electron chi connectivity index (χ1n) is 8.34. The van der Waals surface area contributed by atoms with Crippen molar-refractivity contribution in [1.82, 2.24) is 5.06 Å². The van der Waals surface area contributed by atoms with Crippen LogP contribution in [0.15, 0.2) is 42.5 Å². The third kappa shape index (κ3) is 3.29. The van der Waals surface area contributed by atoms with Gasteiger partial charge in [0, 0.05) is 6.07 Å². The molecule has 0 N–H and O–H groups in total. The standard InChI is InChI=1S/C19H15NO7/c21-17(27-20-18(22)13-4-1-2-5-14(13)19(20)23)6-3-9-24-12-7-8-15-16(10-12)26-11-25-15/h1-2,4-5,7-8,10H,3,6,9,11H2. The maximum Gasteiger partial charge on any atom is 0.333 e. The van der Waals surface area contributed by atoms with Crippen molar-refractivity contribution >= 4 is 17.8 Å². The largest absolute Gasteiger partial charge is 0.493 e. The van der Waals surface area contributed by atoms with Crippen molar-refractivity contribution in [3.8, 4) is 17.2 Å². The minimum absolute atomic E-state index is 0.00203. The van der Waals surface area contributed by atoms with E-state index in [1.807, 2.05) is 0 Å². The summed E-state index contributed by atoms with van der Waals surface area (Å²) in [6.07, 6.45) is 0.356. The number of carbonyl (C=O) groups excluding carboxylic acids is 3. The molecular formula is C19H15NO7. The van der Waals surface area contributed by atoms with Gasteiger partial charge in [0.05, 0.1) is 24.2 Å². The molecule has 8 nitrogen and oxygen atoms in total. The van der Waals surface area contributed by atoms with Gasteiger partial charge >= 0.3 is 5.97 Å². The minimum atomic E-state index is -0.682. The molecule has 2 aliphatic heterocycles. The summed E-state index contributed by atoms with van der Waals surface area (Å²) in [5, 5.41) is 0.506. The molecule has 0 aliphatic carbocycles. The summed E-state index contributed by atoms with van der Waals surface area (Å²) in [6, 6.07) is 11.5. The highest BCUT2D eigenvalue weighted by atomic mass is 16.7. The molecule has 8 heteroatoms. The van der Waals surface area contributed by atoms with Gasteiger partial charge in [0.15, 0.2) is 11.5 Å². The SMILES string of the molecule is O=C(CCCOc1ccc2c(c1)OCO2)ON1C(=O)c2ccccc2C1=O. The molecule has 0 spiro atoms. The number of hydroxylamine groups is 2. The van der Waals surface area contributed by atoms with E-state index in [0.717, 1.165) is 0 Å². The first kappa shape index (κ1) is 16.9. The van der Waals surface area contributed by atoms with E-state index in [9.17, 15) is 14.4 Å². The van der Waals surface area contributed by atoms with E-state index in [1.165, 1.54) is 12.1 Å². The van der Waals surface area contributed by atoms with Gasteiger partial charge in [-0.1, -0.05) is 17.2 Å². The van der Waals surface area contributed by atoms with E-state index >= 15 is 0 Å². The Morgan fingerprint density at radius 1 is 1.00 bits per heavy atom. The van der Waals surface area contributed by atoms with Crippen LogP contribution in [-0.4, -0.2) is 36.2 Å². The zero-order chi connectivity index (χ0) is 18.8. The van der Waals surface area contributed by atoms with Gasteiger partial charge in [-0.2, -0.15) is 0 Å². The second kappa shape index (κ2) is 6.99. The fourth-order valence-corrected chi connectivity index (χ4v) is 2.77. The van der Waals surface area contributed by atoms with Crippen LogP contribution < -0.4 is 14.2 Å². The van der Waals surface area contributed by atoms with E-state index in [1.54, 1.807) is 30.3 Å². The molecule has 27 heavy (non-hydrogen) atoms. The maximum atomic E-state index is 12.1. The molecule has 2 heterocycles. The summed E-state index contributed by atoms with van der Waals surface area (Å²) in [5.41, 5.74) is 0.447. The number of imide groups is 1. The van der Waals surface area contributed by atoms with Gasteiger partial charge < -0.3 is 19.0 Å². The number of hydrogen-bond acceptors (Lipinski definition) is 7. The third-order valence-electron chi connectivity index (χ3n) is 4.09. The Labute approximate surface area is 154 Å². The number of carbonyl (C=O) groups is 3. The lowest BCUT2D eigenvalue weighted by Gasteiger charge is -2.12. The second-order valence-electron chi connectivity index (χ2n) is 5.88. The molecule has 138 valence electrons. The quantitative estimate of drug-likeness (QED) is 0.570. The molecule has 0 fully saturated rings. The lowest BCUT2D eigenvalue weighted by molar-refractivity contribution is -0.168. The van der Waals surface area contributed by atoms with Crippen LogP contribution in [0.4, 0.5) is 0 Å². The molecule has 2 amide bonds. The summed E-state index contributed by atoms with van der Waals surface area (Å²) in [7, 11) is 0. The van der Waals surface area contributed by atoms with Crippen molar-refractivity contribution in [3.63, 3.8) is 0 Å². The molecule has 0 radical (unpaired) electrons. The summed E-state index contributed by atoms with van der Waals surface area (Å²) in [4.78, 5) is 41.1. The van der Waals surface area contributed by atoms with Crippen molar-refractivity contribution < 1.29 is 33.4 Å². The molecule has 0 atom stereocenters. The molecule has 2 aromatic carbocycles. The summed E-state index contributed by atoms with van der Waals surface area (Å²) >= 11 is 0. The average molecular weight is 369 g/mol. The third-order valence-corrected chi connectivity index (χ3v) is 4.09. The van der Waals surface area contributed by atoms with Crippen LogP contribution in [0.5, 0.6) is 17.2 Å². The van der Waals surface area contributed by atoms with Crippen molar-refractivity contribution in [2.45, 2.75) is 12.8 Å². The zero-order valence-electron chi connectivity index (χ0n) is 14.2. The van der Waals surface area contributed by atoms with Crippen molar-refractivity contribution in [2.24, 2.45) is 0 Å². The lowest BCUT2D eigenvalue weighted by Crippen LogP contribution is -2.32. The highest BCUT2D eigenvalue weighted by Gasteiger charge is 2.38. The molecule has 0 saturated carbocycles. The van der Waals surface area contributed by atoms with E-state index in [0.29, 0.717) is 28.7 Å². The lowest BCUT2D eigenvalue weighted by atomic mass is 10.1. The first-order valence-corrected chi connectivity index (χ1v) is 8.34. The van der Waals surface area contributed by atoms with Gasteiger partial charge in [-0.15, -0.1) is 0 Å². The Hall–Kier alpha value is -3.55. The number of ether oxygens (including phenoxy) is 3. The first-order chi connectivity index (χ1) is 13.1. The summed E-state index contributed by atoms with van der Waals surface area (Å²) in [5.74, 6) is -0.0997. The normalized spacial score (nSPS) is 14.3. The van der Waals surface area contributed by atoms with Crippen LogP contribution in [-0.2, 0) is 9.63 Å². The van der Waals surface area contributed by atoms with Crippen LogP contribution in [0.3, 0.4) is 0 Å². The zero-order valence-corrected chi connectivity index (χ0v) is 14.2. The molecule has 0 saturated heterocycles. The van der Waals surface area contributed by atoms with E-state index < -0.39 is 17.8 Å². The number of hydrogen-bond donors (Lipinski definition) is 0. The predicted molar refractivity (Wildman–Crippen MR) is 90.3 cm³/mol. The van der Waals surface area contributed by atoms with Crippen LogP contribution in [0.2, 0.25) is 0 Å².